The summed E-state index contributed by atoms with van der Waals surface area (Å²) in [6, 6.07) is 0.828. The van der Waals surface area contributed by atoms with Crippen LogP contribution in [0.4, 0.5) is 0 Å². The van der Waals surface area contributed by atoms with Gasteiger partial charge in [-0.05, 0) is 43.6 Å². The second-order valence-electron chi connectivity index (χ2n) is 6.58. The smallest absolute Gasteiger partial charge is 0.00979 e. The fourth-order valence-electron chi connectivity index (χ4n) is 4.67. The lowest BCUT2D eigenvalue weighted by atomic mass is 9.68. The van der Waals surface area contributed by atoms with E-state index >= 15 is 0 Å². The quantitative estimate of drug-likeness (QED) is 0.710. The highest BCUT2D eigenvalue weighted by atomic mass is 14.9. The molecule has 0 heterocycles. The number of hydrogen-bond donors (Lipinski definition) is 1. The fraction of sp³-hybridized carbons (Fsp3) is 1.00. The molecule has 4 unspecified atom stereocenters. The van der Waals surface area contributed by atoms with Crippen LogP contribution in [0.25, 0.3) is 0 Å². The first-order valence-corrected chi connectivity index (χ1v) is 8.60. The second kappa shape index (κ2) is 7.53. The van der Waals surface area contributed by atoms with E-state index in [4.69, 9.17) is 0 Å². The van der Waals surface area contributed by atoms with Crippen molar-refractivity contribution >= 4 is 0 Å². The third-order valence-electron chi connectivity index (χ3n) is 5.58. The van der Waals surface area contributed by atoms with E-state index in [2.05, 4.69) is 19.2 Å². The van der Waals surface area contributed by atoms with Gasteiger partial charge < -0.3 is 5.32 Å². The van der Waals surface area contributed by atoms with Crippen molar-refractivity contribution in [3.63, 3.8) is 0 Å². The Kier molecular flexibility index (Phi) is 6.01. The predicted octanol–water partition coefficient (Wildman–Crippen LogP) is 4.76. The van der Waals surface area contributed by atoms with Crippen LogP contribution in [0.2, 0.25) is 0 Å². The average Bonchev–Trinajstić information content (AvgIpc) is 2.65. The van der Waals surface area contributed by atoms with Crippen LogP contribution in [0.1, 0.15) is 78.1 Å². The van der Waals surface area contributed by atoms with E-state index in [0.29, 0.717) is 0 Å². The summed E-state index contributed by atoms with van der Waals surface area (Å²) in [5, 5.41) is 3.82. The molecule has 2 aliphatic rings. The molecule has 0 bridgehead atoms. The predicted molar refractivity (Wildman–Crippen MR) is 79.8 cm³/mol. The van der Waals surface area contributed by atoms with Gasteiger partial charge in [0.25, 0.3) is 0 Å². The SMILES string of the molecule is CCNC1CCCCCC1C1CCCCC1CC. The minimum absolute atomic E-state index is 0.828. The summed E-state index contributed by atoms with van der Waals surface area (Å²) in [5.74, 6) is 3.05. The van der Waals surface area contributed by atoms with E-state index in [0.717, 1.165) is 30.3 Å². The Labute approximate surface area is 114 Å². The van der Waals surface area contributed by atoms with Gasteiger partial charge in [0, 0.05) is 6.04 Å². The van der Waals surface area contributed by atoms with Crippen molar-refractivity contribution in [3.8, 4) is 0 Å². The molecule has 0 spiro atoms. The largest absolute Gasteiger partial charge is 0.314 e. The van der Waals surface area contributed by atoms with Crippen LogP contribution >= 0.6 is 0 Å². The van der Waals surface area contributed by atoms with E-state index in [1.807, 2.05) is 0 Å². The van der Waals surface area contributed by atoms with Crippen molar-refractivity contribution in [3.05, 3.63) is 0 Å². The Morgan fingerprint density at radius 1 is 0.778 bits per heavy atom. The van der Waals surface area contributed by atoms with Gasteiger partial charge in [-0.15, -0.1) is 0 Å². The van der Waals surface area contributed by atoms with Crippen LogP contribution in [-0.2, 0) is 0 Å². The van der Waals surface area contributed by atoms with Crippen LogP contribution in [0, 0.1) is 17.8 Å². The molecule has 106 valence electrons. The van der Waals surface area contributed by atoms with E-state index in [1.54, 1.807) is 0 Å². The molecular formula is C17H33N. The third kappa shape index (κ3) is 3.50. The first-order valence-electron chi connectivity index (χ1n) is 8.60. The average molecular weight is 251 g/mol. The first kappa shape index (κ1) is 14.4. The molecule has 1 N–H and O–H groups in total. The lowest BCUT2D eigenvalue weighted by Crippen LogP contribution is -2.42. The van der Waals surface area contributed by atoms with E-state index in [-0.39, 0.29) is 0 Å². The summed E-state index contributed by atoms with van der Waals surface area (Å²) >= 11 is 0. The summed E-state index contributed by atoms with van der Waals surface area (Å²) in [4.78, 5) is 0. The van der Waals surface area contributed by atoms with E-state index < -0.39 is 0 Å². The molecule has 0 aromatic carbocycles. The normalized spacial score (nSPS) is 38.3. The highest BCUT2D eigenvalue weighted by Gasteiger charge is 2.35. The summed E-state index contributed by atoms with van der Waals surface area (Å²) in [6.07, 6.45) is 14.8. The lowest BCUT2D eigenvalue weighted by molar-refractivity contribution is 0.119. The highest BCUT2D eigenvalue weighted by Crippen LogP contribution is 2.42. The van der Waals surface area contributed by atoms with Crippen molar-refractivity contribution < 1.29 is 0 Å². The van der Waals surface area contributed by atoms with E-state index in [9.17, 15) is 0 Å². The van der Waals surface area contributed by atoms with Crippen molar-refractivity contribution in [2.24, 2.45) is 17.8 Å². The van der Waals surface area contributed by atoms with Crippen molar-refractivity contribution in [2.75, 3.05) is 6.54 Å². The van der Waals surface area contributed by atoms with E-state index in [1.165, 1.54) is 64.2 Å². The third-order valence-corrected chi connectivity index (χ3v) is 5.58. The molecule has 0 radical (unpaired) electrons. The van der Waals surface area contributed by atoms with Gasteiger partial charge in [0.15, 0.2) is 0 Å². The molecule has 0 amide bonds. The molecule has 2 fully saturated rings. The van der Waals surface area contributed by atoms with Gasteiger partial charge in [0.2, 0.25) is 0 Å². The van der Waals surface area contributed by atoms with Gasteiger partial charge in [-0.2, -0.15) is 0 Å². The van der Waals surface area contributed by atoms with Gasteiger partial charge in [0.05, 0.1) is 0 Å². The maximum Gasteiger partial charge on any atom is 0.00979 e. The molecule has 2 aliphatic carbocycles. The number of nitrogens with one attached hydrogen (secondary N) is 1. The molecule has 4 atom stereocenters. The minimum atomic E-state index is 0.828. The Bertz CT molecular complexity index is 226. The topological polar surface area (TPSA) is 12.0 Å². The Morgan fingerprint density at radius 2 is 1.44 bits per heavy atom. The van der Waals surface area contributed by atoms with Gasteiger partial charge in [0.1, 0.15) is 0 Å². The van der Waals surface area contributed by atoms with Gasteiger partial charge in [-0.1, -0.05) is 58.8 Å². The zero-order valence-corrected chi connectivity index (χ0v) is 12.6. The molecule has 1 nitrogen and oxygen atoms in total. The van der Waals surface area contributed by atoms with Crippen molar-refractivity contribution in [2.45, 2.75) is 84.1 Å². The molecule has 0 aromatic heterocycles. The number of rotatable bonds is 4. The fourth-order valence-corrected chi connectivity index (χ4v) is 4.67. The van der Waals surface area contributed by atoms with Crippen LogP contribution in [0.15, 0.2) is 0 Å². The van der Waals surface area contributed by atoms with Gasteiger partial charge in [-0.3, -0.25) is 0 Å². The molecule has 0 aromatic rings. The maximum atomic E-state index is 3.82. The summed E-state index contributed by atoms with van der Waals surface area (Å²) in [6.45, 7) is 5.85. The first-order chi connectivity index (χ1) is 8.86. The standard InChI is InChI=1S/C17H33N/c1-3-14-10-8-9-11-15(14)16-12-6-5-7-13-17(16)18-4-2/h14-18H,3-13H2,1-2H3. The number of hydrogen-bond acceptors (Lipinski definition) is 1. The molecule has 18 heavy (non-hydrogen) atoms. The minimum Gasteiger partial charge on any atom is -0.314 e. The summed E-state index contributed by atoms with van der Waals surface area (Å²) in [5.41, 5.74) is 0. The molecule has 0 saturated heterocycles. The second-order valence-corrected chi connectivity index (χ2v) is 6.58. The lowest BCUT2D eigenvalue weighted by Gasteiger charge is -2.40. The van der Waals surface area contributed by atoms with Crippen molar-refractivity contribution in [1.29, 1.82) is 0 Å². The van der Waals surface area contributed by atoms with Gasteiger partial charge >= 0.3 is 0 Å². The molecule has 2 rings (SSSR count). The zero-order valence-electron chi connectivity index (χ0n) is 12.6. The Balaban J connectivity index is 2.04. The summed E-state index contributed by atoms with van der Waals surface area (Å²) in [7, 11) is 0. The van der Waals surface area contributed by atoms with Crippen molar-refractivity contribution in [1.82, 2.24) is 5.32 Å². The zero-order chi connectivity index (χ0) is 12.8. The molecular weight excluding hydrogens is 218 g/mol. The highest BCUT2D eigenvalue weighted by molar-refractivity contribution is 4.88. The molecule has 1 heteroatoms. The summed E-state index contributed by atoms with van der Waals surface area (Å²) < 4.78 is 0. The molecule has 2 saturated carbocycles. The Hall–Kier alpha value is -0.0400. The van der Waals surface area contributed by atoms with Gasteiger partial charge in [-0.25, -0.2) is 0 Å². The molecule has 0 aliphatic heterocycles. The van der Waals surface area contributed by atoms with Crippen LogP contribution in [0.3, 0.4) is 0 Å². The van der Waals surface area contributed by atoms with Crippen LogP contribution in [0.5, 0.6) is 0 Å². The van der Waals surface area contributed by atoms with Crippen LogP contribution < -0.4 is 5.32 Å². The monoisotopic (exact) mass is 251 g/mol. The Morgan fingerprint density at radius 3 is 2.22 bits per heavy atom. The maximum absolute atomic E-state index is 3.82. The van der Waals surface area contributed by atoms with Crippen LogP contribution in [-0.4, -0.2) is 12.6 Å².